The zero-order valence-corrected chi connectivity index (χ0v) is 9.87. The Labute approximate surface area is 99.0 Å². The van der Waals surface area contributed by atoms with E-state index in [9.17, 15) is 0 Å². The van der Waals surface area contributed by atoms with E-state index in [0.29, 0.717) is 11.1 Å². The summed E-state index contributed by atoms with van der Waals surface area (Å²) in [5, 5.41) is 0.623. The molecule has 0 N–H and O–H groups in total. The van der Waals surface area contributed by atoms with Crippen molar-refractivity contribution in [3.05, 3.63) is 29.2 Å². The Balaban J connectivity index is 2.12. The summed E-state index contributed by atoms with van der Waals surface area (Å²) >= 11 is 6.17. The van der Waals surface area contributed by atoms with Gasteiger partial charge in [0.1, 0.15) is 0 Å². The van der Waals surface area contributed by atoms with Crippen LogP contribution in [0.5, 0.6) is 0 Å². The SMILES string of the molecule is CC1CCn2c(-c3ccco3)nc(Cl)c2C1. The zero-order valence-electron chi connectivity index (χ0n) is 9.11. The van der Waals surface area contributed by atoms with Gasteiger partial charge in [0.2, 0.25) is 0 Å². The second-order valence-corrected chi connectivity index (χ2v) is 4.76. The predicted molar refractivity (Wildman–Crippen MR) is 62.4 cm³/mol. The van der Waals surface area contributed by atoms with Crippen molar-refractivity contribution in [2.45, 2.75) is 26.3 Å². The number of rotatable bonds is 1. The molecule has 1 atom stereocenters. The third kappa shape index (κ3) is 1.47. The van der Waals surface area contributed by atoms with Gasteiger partial charge in [-0.05, 0) is 30.9 Å². The van der Waals surface area contributed by atoms with Crippen molar-refractivity contribution in [1.29, 1.82) is 0 Å². The second-order valence-electron chi connectivity index (χ2n) is 4.40. The highest BCUT2D eigenvalue weighted by Crippen LogP contribution is 2.31. The average Bonchev–Trinajstić information content (AvgIpc) is 2.87. The van der Waals surface area contributed by atoms with Crippen LogP contribution in [0.15, 0.2) is 22.8 Å². The molecule has 0 bridgehead atoms. The highest BCUT2D eigenvalue weighted by Gasteiger charge is 2.24. The van der Waals surface area contributed by atoms with Gasteiger partial charge in [-0.2, -0.15) is 0 Å². The molecular weight excluding hydrogens is 224 g/mol. The molecule has 0 amide bonds. The van der Waals surface area contributed by atoms with Crippen LogP contribution in [0.2, 0.25) is 5.15 Å². The summed E-state index contributed by atoms with van der Waals surface area (Å²) < 4.78 is 7.57. The third-order valence-electron chi connectivity index (χ3n) is 3.15. The van der Waals surface area contributed by atoms with E-state index in [2.05, 4.69) is 16.5 Å². The lowest BCUT2D eigenvalue weighted by Crippen LogP contribution is -2.17. The summed E-state index contributed by atoms with van der Waals surface area (Å²) in [6.45, 7) is 3.23. The fourth-order valence-corrected chi connectivity index (χ4v) is 2.53. The molecule has 84 valence electrons. The van der Waals surface area contributed by atoms with Crippen molar-refractivity contribution in [3.63, 3.8) is 0 Å². The summed E-state index contributed by atoms with van der Waals surface area (Å²) in [5.41, 5.74) is 1.15. The average molecular weight is 237 g/mol. The minimum Gasteiger partial charge on any atom is -0.461 e. The Hall–Kier alpha value is -1.22. The van der Waals surface area contributed by atoms with Crippen LogP contribution >= 0.6 is 11.6 Å². The van der Waals surface area contributed by atoms with Crippen LogP contribution < -0.4 is 0 Å². The van der Waals surface area contributed by atoms with Crippen molar-refractivity contribution < 1.29 is 4.42 Å². The molecule has 0 aromatic carbocycles. The molecule has 3 rings (SSSR count). The Morgan fingerprint density at radius 2 is 2.44 bits per heavy atom. The molecule has 1 aliphatic heterocycles. The van der Waals surface area contributed by atoms with Gasteiger partial charge in [-0.15, -0.1) is 0 Å². The summed E-state index contributed by atoms with van der Waals surface area (Å²) in [7, 11) is 0. The lowest BCUT2D eigenvalue weighted by atomic mass is 9.98. The Morgan fingerprint density at radius 1 is 1.56 bits per heavy atom. The van der Waals surface area contributed by atoms with E-state index in [4.69, 9.17) is 16.0 Å². The van der Waals surface area contributed by atoms with Gasteiger partial charge in [-0.1, -0.05) is 18.5 Å². The Morgan fingerprint density at radius 3 is 3.19 bits per heavy atom. The van der Waals surface area contributed by atoms with Gasteiger partial charge >= 0.3 is 0 Å². The first-order valence-corrected chi connectivity index (χ1v) is 5.92. The summed E-state index contributed by atoms with van der Waals surface area (Å²) in [5.74, 6) is 2.34. The molecule has 16 heavy (non-hydrogen) atoms. The Kier molecular flexibility index (Phi) is 2.28. The molecule has 3 heterocycles. The highest BCUT2D eigenvalue weighted by molar-refractivity contribution is 6.30. The van der Waals surface area contributed by atoms with Crippen LogP contribution in [0, 0.1) is 5.92 Å². The lowest BCUT2D eigenvalue weighted by molar-refractivity contribution is 0.416. The smallest absolute Gasteiger partial charge is 0.177 e. The van der Waals surface area contributed by atoms with E-state index in [1.165, 1.54) is 6.42 Å². The quantitative estimate of drug-likeness (QED) is 0.760. The summed E-state index contributed by atoms with van der Waals surface area (Å²) in [6, 6.07) is 3.79. The first kappa shape index (κ1) is 9.97. The largest absolute Gasteiger partial charge is 0.461 e. The molecule has 0 saturated heterocycles. The fraction of sp³-hybridized carbons (Fsp3) is 0.417. The standard InChI is InChI=1S/C12H13ClN2O/c1-8-4-5-15-9(7-8)11(13)14-12(15)10-3-2-6-16-10/h2-3,6,8H,4-5,7H2,1H3. The monoisotopic (exact) mass is 236 g/mol. The number of nitrogens with zero attached hydrogens (tertiary/aromatic N) is 2. The van der Waals surface area contributed by atoms with Gasteiger partial charge in [0.25, 0.3) is 0 Å². The fourth-order valence-electron chi connectivity index (χ4n) is 2.27. The van der Waals surface area contributed by atoms with E-state index in [-0.39, 0.29) is 0 Å². The van der Waals surface area contributed by atoms with Crippen molar-refractivity contribution in [1.82, 2.24) is 9.55 Å². The molecule has 3 nitrogen and oxygen atoms in total. The molecule has 1 unspecified atom stereocenters. The summed E-state index contributed by atoms with van der Waals surface area (Å²) in [6.07, 6.45) is 3.84. The van der Waals surface area contributed by atoms with Crippen LogP contribution in [0.25, 0.3) is 11.6 Å². The number of halogens is 1. The van der Waals surface area contributed by atoms with Crippen molar-refractivity contribution >= 4 is 11.6 Å². The van der Waals surface area contributed by atoms with Crippen LogP contribution in [-0.4, -0.2) is 9.55 Å². The maximum absolute atomic E-state index is 6.17. The number of fused-ring (bicyclic) bond motifs is 1. The molecule has 4 heteroatoms. The van der Waals surface area contributed by atoms with Gasteiger partial charge < -0.3 is 8.98 Å². The van der Waals surface area contributed by atoms with Crippen molar-refractivity contribution in [2.24, 2.45) is 5.92 Å². The zero-order chi connectivity index (χ0) is 11.1. The molecule has 0 saturated carbocycles. The number of furan rings is 1. The third-order valence-corrected chi connectivity index (χ3v) is 3.46. The predicted octanol–water partition coefficient (Wildman–Crippen LogP) is 3.38. The maximum atomic E-state index is 6.17. The molecular formula is C12H13ClN2O. The number of imidazole rings is 1. The molecule has 2 aromatic heterocycles. The molecule has 0 fully saturated rings. The van der Waals surface area contributed by atoms with E-state index >= 15 is 0 Å². The van der Waals surface area contributed by atoms with Gasteiger partial charge in [-0.25, -0.2) is 4.98 Å². The van der Waals surface area contributed by atoms with Crippen LogP contribution in [0.3, 0.4) is 0 Å². The van der Waals surface area contributed by atoms with Gasteiger partial charge in [-0.3, -0.25) is 0 Å². The minimum atomic E-state index is 0.623. The van der Waals surface area contributed by atoms with E-state index in [1.54, 1.807) is 6.26 Å². The van der Waals surface area contributed by atoms with Gasteiger partial charge in [0.15, 0.2) is 16.7 Å². The van der Waals surface area contributed by atoms with Crippen molar-refractivity contribution in [3.8, 4) is 11.6 Å². The number of hydrogen-bond acceptors (Lipinski definition) is 2. The molecule has 0 spiro atoms. The molecule has 2 aromatic rings. The number of aromatic nitrogens is 2. The highest BCUT2D eigenvalue weighted by atomic mass is 35.5. The summed E-state index contributed by atoms with van der Waals surface area (Å²) in [4.78, 5) is 4.40. The molecule has 0 aliphatic carbocycles. The first-order chi connectivity index (χ1) is 7.75. The minimum absolute atomic E-state index is 0.623. The van der Waals surface area contributed by atoms with Crippen molar-refractivity contribution in [2.75, 3.05) is 0 Å². The Bertz CT molecular complexity index is 501. The van der Waals surface area contributed by atoms with Gasteiger partial charge in [0, 0.05) is 6.54 Å². The maximum Gasteiger partial charge on any atom is 0.177 e. The van der Waals surface area contributed by atoms with E-state index in [0.717, 1.165) is 30.2 Å². The van der Waals surface area contributed by atoms with E-state index < -0.39 is 0 Å². The first-order valence-electron chi connectivity index (χ1n) is 5.54. The molecule has 0 radical (unpaired) electrons. The van der Waals surface area contributed by atoms with Gasteiger partial charge in [0.05, 0.1) is 12.0 Å². The van der Waals surface area contributed by atoms with Crippen LogP contribution in [0.4, 0.5) is 0 Å². The lowest BCUT2D eigenvalue weighted by Gasteiger charge is -2.21. The molecule has 1 aliphatic rings. The second kappa shape index (κ2) is 3.67. The van der Waals surface area contributed by atoms with Crippen LogP contribution in [0.1, 0.15) is 19.0 Å². The van der Waals surface area contributed by atoms with Crippen LogP contribution in [-0.2, 0) is 13.0 Å². The number of hydrogen-bond donors (Lipinski definition) is 0. The topological polar surface area (TPSA) is 31.0 Å². The normalized spacial score (nSPS) is 19.8. The van der Waals surface area contributed by atoms with E-state index in [1.807, 2.05) is 12.1 Å².